The summed E-state index contributed by atoms with van der Waals surface area (Å²) in [5.74, 6) is 4.05. The second-order valence-corrected chi connectivity index (χ2v) is 24.5. The van der Waals surface area contributed by atoms with E-state index in [1.54, 1.807) is 24.3 Å². The van der Waals surface area contributed by atoms with Crippen LogP contribution < -0.4 is 41.8 Å². The van der Waals surface area contributed by atoms with Gasteiger partial charge in [0.2, 0.25) is 5.91 Å². The number of carboxylic acids is 1. The quantitative estimate of drug-likeness (QED) is 0.00489. The van der Waals surface area contributed by atoms with Crippen LogP contribution in [0.1, 0.15) is 123 Å². The second kappa shape index (κ2) is 31.1. The van der Waals surface area contributed by atoms with Gasteiger partial charge in [0.1, 0.15) is 42.3 Å². The lowest BCUT2D eigenvalue weighted by Gasteiger charge is -2.24. The first kappa shape index (κ1) is 68.6. The van der Waals surface area contributed by atoms with Crippen LogP contribution in [0.3, 0.4) is 0 Å². The smallest absolute Gasteiger partial charge is 0.490 e. The zero-order valence-corrected chi connectivity index (χ0v) is 51.1. The van der Waals surface area contributed by atoms with E-state index in [0.29, 0.717) is 33.4 Å². The number of nitrogens with zero attached hydrogens (tertiary/aromatic N) is 4. The summed E-state index contributed by atoms with van der Waals surface area (Å²) in [6.45, 7) is 6.27. The number of carboxylic acid groups (broad SMARTS) is 1. The molecule has 3 unspecified atom stereocenters. The third kappa shape index (κ3) is 19.6. The van der Waals surface area contributed by atoms with Crippen molar-refractivity contribution in [1.82, 2.24) is 20.2 Å². The number of fused-ring (bicyclic) bond motifs is 2. The van der Waals surface area contributed by atoms with Crippen LogP contribution in [0.5, 0.6) is 17.2 Å². The number of phosphoric acid groups is 3. The van der Waals surface area contributed by atoms with E-state index in [1.165, 1.54) is 18.2 Å². The van der Waals surface area contributed by atoms with Gasteiger partial charge in [0.05, 0.1) is 38.0 Å². The van der Waals surface area contributed by atoms with Gasteiger partial charge in [-0.15, -0.1) is 0 Å². The van der Waals surface area contributed by atoms with Crippen molar-refractivity contribution in [2.24, 2.45) is 5.11 Å². The van der Waals surface area contributed by atoms with Gasteiger partial charge in [0.15, 0.2) is 12.0 Å². The van der Waals surface area contributed by atoms with Crippen LogP contribution in [-0.2, 0) is 52.3 Å². The molecule has 0 bridgehead atoms. The average molecular weight is 1290 g/mol. The van der Waals surface area contributed by atoms with Crippen LogP contribution in [0.15, 0.2) is 87.6 Å². The van der Waals surface area contributed by atoms with Crippen molar-refractivity contribution in [2.45, 2.75) is 91.2 Å². The predicted octanol–water partition coefficient (Wildman–Crippen LogP) is 5.98. The van der Waals surface area contributed by atoms with Crippen molar-refractivity contribution in [1.29, 1.82) is 0 Å². The number of azide groups is 1. The number of aromatic nitrogens is 2. The number of rotatable bonds is 30. The van der Waals surface area contributed by atoms with E-state index in [2.05, 4.69) is 63.6 Å². The molecule has 32 heteroatoms. The van der Waals surface area contributed by atoms with E-state index >= 15 is 0 Å². The van der Waals surface area contributed by atoms with Gasteiger partial charge < -0.3 is 59.0 Å². The van der Waals surface area contributed by atoms with Crippen LogP contribution in [0.25, 0.3) is 22.1 Å². The molecule has 5 atom stereocenters. The number of aryl methyl sites for hydroxylation is 3. The Bertz CT molecular complexity index is 4040. The zero-order chi connectivity index (χ0) is 64.6. The third-order valence-corrected chi connectivity index (χ3v) is 17.3. The summed E-state index contributed by atoms with van der Waals surface area (Å²) < 4.78 is 76.2. The molecule has 474 valence electrons. The van der Waals surface area contributed by atoms with Gasteiger partial charge in [0, 0.05) is 51.6 Å². The highest BCUT2D eigenvalue weighted by Crippen LogP contribution is 2.66. The molecule has 1 fully saturated rings. The molecule has 29 nitrogen and oxygen atoms in total. The Hall–Kier alpha value is -7.86. The molecule has 4 aromatic carbocycles. The lowest BCUT2D eigenvalue weighted by Crippen LogP contribution is -2.34. The monoisotopic (exact) mass is 1290 g/mol. The molecule has 1 saturated heterocycles. The van der Waals surface area contributed by atoms with Crippen molar-refractivity contribution in [3.05, 3.63) is 165 Å². The Labute approximate surface area is 507 Å². The SMILES string of the molecule is CC/C=c1/cc2c(cc1C)=C(c1cc(C(=O)CCCNC(=O)c3cccc(OCC(N=[N+]=[N-])OCCOCC(=O)NCC#Cc4cn([C@H]5CC[C@@H](COP(=O)(O)OP(=O)(O)OP(=O)(O)O)O5)c(=O)[nH]c4=O)c3)ccc1C(=O)O)c1cc(C)c(CCC)cc1O2. The Balaban J connectivity index is 0.843. The molecule has 2 aliphatic rings. The predicted molar refractivity (Wildman–Crippen MR) is 317 cm³/mol. The van der Waals surface area contributed by atoms with Crippen molar-refractivity contribution < 1.29 is 94.4 Å². The minimum Gasteiger partial charge on any atom is -0.491 e. The number of hydrogen-bond donors (Lipinski definition) is 8. The molecule has 0 saturated carbocycles. The Morgan fingerprint density at radius 1 is 0.921 bits per heavy atom. The van der Waals surface area contributed by atoms with Gasteiger partial charge in [-0.05, 0) is 134 Å². The first-order chi connectivity index (χ1) is 42.3. The average Bonchev–Trinajstić information content (AvgIpc) is 1.41. The van der Waals surface area contributed by atoms with Crippen molar-refractivity contribution in [3.63, 3.8) is 0 Å². The van der Waals surface area contributed by atoms with Gasteiger partial charge in [-0.25, -0.2) is 23.3 Å². The molecule has 5 aromatic rings. The van der Waals surface area contributed by atoms with E-state index in [-0.39, 0.29) is 86.8 Å². The summed E-state index contributed by atoms with van der Waals surface area (Å²) in [7, 11) is -16.8. The number of H-pyrrole nitrogens is 1. The largest absolute Gasteiger partial charge is 0.491 e. The fourth-order valence-corrected chi connectivity index (χ4v) is 12.5. The van der Waals surface area contributed by atoms with Gasteiger partial charge in [-0.2, -0.15) is 8.62 Å². The number of Topliss-reactive ketones (excluding diaryl/α,β-unsaturated/α-hetero) is 1. The number of ether oxygens (including phenoxy) is 5. The number of phosphoric ester groups is 1. The van der Waals surface area contributed by atoms with E-state index in [1.807, 2.05) is 45.0 Å². The second-order valence-electron chi connectivity index (χ2n) is 20.1. The van der Waals surface area contributed by atoms with Crippen LogP contribution in [0, 0.1) is 25.7 Å². The first-order valence-electron chi connectivity index (χ1n) is 27.6. The summed E-state index contributed by atoms with van der Waals surface area (Å²) in [5.41, 5.74) is 12.6. The van der Waals surface area contributed by atoms with Gasteiger partial charge >= 0.3 is 35.1 Å². The summed E-state index contributed by atoms with van der Waals surface area (Å²) in [5, 5.41) is 21.1. The van der Waals surface area contributed by atoms with Crippen molar-refractivity contribution >= 4 is 58.7 Å². The number of aromatic amines is 1. The maximum Gasteiger partial charge on any atom is 0.490 e. The van der Waals surface area contributed by atoms with Gasteiger partial charge in [0.25, 0.3) is 11.5 Å². The molecule has 89 heavy (non-hydrogen) atoms. The van der Waals surface area contributed by atoms with E-state index < -0.39 is 84.3 Å². The topological polar surface area (TPSA) is 422 Å². The molecule has 0 radical (unpaired) electrons. The van der Waals surface area contributed by atoms with Crippen LogP contribution in [0.2, 0.25) is 0 Å². The number of nitrogens with one attached hydrogen (secondary N) is 3. The van der Waals surface area contributed by atoms with Gasteiger partial charge in [-0.1, -0.05) is 55.4 Å². The summed E-state index contributed by atoms with van der Waals surface area (Å²) >= 11 is 0. The van der Waals surface area contributed by atoms with Crippen molar-refractivity contribution in [3.8, 4) is 29.1 Å². The normalized spacial score (nSPS) is 16.2. The minimum absolute atomic E-state index is 0.0289. The first-order valence-corrected chi connectivity index (χ1v) is 32.2. The molecule has 1 aromatic heterocycles. The Morgan fingerprint density at radius 3 is 2.44 bits per heavy atom. The lowest BCUT2D eigenvalue weighted by atomic mass is 9.85. The van der Waals surface area contributed by atoms with E-state index in [4.69, 9.17) is 39.0 Å². The standard InChI is InChI=1S/C57H64N7O22P3/c1-5-10-36-28-48-45(24-34(36)3)53(46-25-35(4)37(11-6-2)29-49(46)84-48)44-27-38(16-18-43(44)56(69)70)47(65)15-9-21-60-54(67)39-12-7-14-41(26-39)81-33-51(62-63-58)80-23-22-79-32-50(66)59-20-8-13-40-30-64(57(71)61-55(40)68)52-19-17-42(83-52)31-82-88(75,76)86-89(77,78)85-87(72,73)74/h7,10,12,14,16,18,24-30,42,51-52H,5-6,9,11,15,17,19-23,31-33H2,1-4H3,(H,59,66)(H,60,67)(H,69,70)(H,75,76)(H,77,78)(H,61,68,71)(H2,72,73,74)/b36-10-/t42-,51?,52+/m0/s1. The Kier molecular flexibility index (Phi) is 23.9. The molecular weight excluding hydrogens is 1230 g/mol. The summed E-state index contributed by atoms with van der Waals surface area (Å²) in [6, 6.07) is 18.8. The maximum absolute atomic E-state index is 13.8. The number of carbonyl (C=O) groups excluding carboxylic acids is 3. The van der Waals surface area contributed by atoms with Crippen LogP contribution in [0.4, 0.5) is 0 Å². The highest BCUT2D eigenvalue weighted by molar-refractivity contribution is 7.66. The number of carbonyl (C=O) groups is 4. The third-order valence-electron chi connectivity index (χ3n) is 13.5. The molecule has 2 amide bonds. The summed E-state index contributed by atoms with van der Waals surface area (Å²) in [6.07, 6.45) is 3.04. The fourth-order valence-electron chi connectivity index (χ4n) is 9.43. The number of benzene rings is 4. The highest BCUT2D eigenvalue weighted by Gasteiger charge is 2.42. The van der Waals surface area contributed by atoms with Crippen LogP contribution in [-0.4, -0.2) is 116 Å². The van der Waals surface area contributed by atoms with Crippen LogP contribution >= 0.6 is 23.5 Å². The molecule has 7 rings (SSSR count). The lowest BCUT2D eigenvalue weighted by molar-refractivity contribution is -0.126. The molecule has 3 heterocycles. The molecule has 8 N–H and O–H groups in total. The fraction of sp³-hybridized carbons (Fsp3) is 0.368. The molecule has 2 aliphatic heterocycles. The van der Waals surface area contributed by atoms with Crippen molar-refractivity contribution in [2.75, 3.05) is 46.1 Å². The number of hydrogen-bond acceptors (Lipinski definition) is 18. The number of amides is 2. The molecule has 0 spiro atoms. The van der Waals surface area contributed by atoms with Gasteiger partial charge in [-0.3, -0.25) is 33.3 Å². The van der Waals surface area contributed by atoms with E-state index in [0.717, 1.165) is 57.5 Å². The minimum atomic E-state index is -5.74. The summed E-state index contributed by atoms with van der Waals surface area (Å²) in [4.78, 5) is 119. The number of aromatic carboxylic acids is 1. The van der Waals surface area contributed by atoms with E-state index in [9.17, 15) is 57.4 Å². The molecular formula is C57H64N7O22P3. The number of ketones is 1. The zero-order valence-electron chi connectivity index (χ0n) is 48.4. The highest BCUT2D eigenvalue weighted by atomic mass is 31.3. The molecule has 0 aliphatic carbocycles. The Morgan fingerprint density at radius 2 is 1.71 bits per heavy atom. The maximum atomic E-state index is 13.8.